The molecule has 0 aromatic heterocycles. The molecule has 0 fully saturated rings. The lowest BCUT2D eigenvalue weighted by Gasteiger charge is -2.19. The molecular formula is C11H22BrNO3. The smallest absolute Gasteiger partial charge is 0.407 e. The Labute approximate surface area is 106 Å². The van der Waals surface area contributed by atoms with E-state index in [2.05, 4.69) is 21.2 Å². The number of unbranched alkanes of at least 4 members (excludes halogenated alkanes) is 1. The topological polar surface area (TPSA) is 47.6 Å². The molecule has 0 aliphatic carbocycles. The van der Waals surface area contributed by atoms with E-state index in [1.54, 1.807) is 0 Å². The second-order valence-corrected chi connectivity index (χ2v) is 5.23. The average Bonchev–Trinajstić information content (AvgIpc) is 2.13. The van der Waals surface area contributed by atoms with Crippen LogP contribution >= 0.6 is 15.9 Å². The van der Waals surface area contributed by atoms with E-state index in [-0.39, 0.29) is 0 Å². The standard InChI is InChI=1S/C11H22BrNO3/c1-11(2,3)16-10(14)13-7-9-15-8-5-4-6-12/h4-9H2,1-3H3,(H,13,14). The molecule has 0 saturated heterocycles. The SMILES string of the molecule is CC(C)(C)OC(=O)NCCOCCCCBr. The van der Waals surface area contributed by atoms with E-state index < -0.39 is 11.7 Å². The third kappa shape index (κ3) is 11.8. The Balaban J connectivity index is 3.28. The number of hydrogen-bond donors (Lipinski definition) is 1. The highest BCUT2D eigenvalue weighted by atomic mass is 79.9. The maximum absolute atomic E-state index is 11.2. The summed E-state index contributed by atoms with van der Waals surface area (Å²) in [7, 11) is 0. The summed E-state index contributed by atoms with van der Waals surface area (Å²) in [5.74, 6) is 0. The van der Waals surface area contributed by atoms with Crippen LogP contribution in [-0.2, 0) is 9.47 Å². The van der Waals surface area contributed by atoms with Gasteiger partial charge in [-0.05, 0) is 33.6 Å². The van der Waals surface area contributed by atoms with Crippen molar-refractivity contribution in [3.63, 3.8) is 0 Å². The van der Waals surface area contributed by atoms with E-state index >= 15 is 0 Å². The van der Waals surface area contributed by atoms with Crippen molar-refractivity contribution < 1.29 is 14.3 Å². The van der Waals surface area contributed by atoms with Gasteiger partial charge in [0, 0.05) is 18.5 Å². The molecule has 96 valence electrons. The molecular weight excluding hydrogens is 274 g/mol. The minimum Gasteiger partial charge on any atom is -0.444 e. The van der Waals surface area contributed by atoms with Gasteiger partial charge in [-0.25, -0.2) is 4.79 Å². The van der Waals surface area contributed by atoms with Crippen molar-refractivity contribution in [2.24, 2.45) is 0 Å². The van der Waals surface area contributed by atoms with Gasteiger partial charge in [0.25, 0.3) is 0 Å². The first-order chi connectivity index (χ1) is 7.45. The number of rotatable bonds is 7. The van der Waals surface area contributed by atoms with Crippen LogP contribution in [-0.4, -0.2) is 36.8 Å². The predicted octanol–water partition coefficient (Wildman–Crippen LogP) is 2.70. The molecule has 0 aliphatic rings. The zero-order valence-corrected chi connectivity index (χ0v) is 11.9. The maximum atomic E-state index is 11.2. The minimum absolute atomic E-state index is 0.392. The summed E-state index contributed by atoms with van der Waals surface area (Å²) in [5, 5.41) is 3.64. The summed E-state index contributed by atoms with van der Waals surface area (Å²) in [6.45, 7) is 7.27. The van der Waals surface area contributed by atoms with Crippen LogP contribution in [0.15, 0.2) is 0 Å². The third-order valence-corrected chi connectivity index (χ3v) is 2.15. The minimum atomic E-state index is -0.444. The molecule has 0 unspecified atom stereocenters. The monoisotopic (exact) mass is 295 g/mol. The quantitative estimate of drug-likeness (QED) is 0.580. The van der Waals surface area contributed by atoms with Crippen molar-refractivity contribution in [3.05, 3.63) is 0 Å². The highest BCUT2D eigenvalue weighted by Gasteiger charge is 2.15. The lowest BCUT2D eigenvalue weighted by molar-refractivity contribution is 0.0498. The van der Waals surface area contributed by atoms with Crippen molar-refractivity contribution in [2.75, 3.05) is 25.1 Å². The van der Waals surface area contributed by atoms with Crippen molar-refractivity contribution >= 4 is 22.0 Å². The van der Waals surface area contributed by atoms with Gasteiger partial charge in [-0.15, -0.1) is 0 Å². The number of alkyl halides is 1. The van der Waals surface area contributed by atoms with Crippen molar-refractivity contribution in [3.8, 4) is 0 Å². The zero-order valence-electron chi connectivity index (χ0n) is 10.3. The van der Waals surface area contributed by atoms with Crippen LogP contribution in [0.1, 0.15) is 33.6 Å². The fourth-order valence-electron chi connectivity index (χ4n) is 0.940. The summed E-state index contributed by atoms with van der Waals surface area (Å²) in [4.78, 5) is 11.2. The molecule has 0 radical (unpaired) electrons. The number of amides is 1. The Morgan fingerprint density at radius 3 is 2.50 bits per heavy atom. The Kier molecular flexibility index (Phi) is 8.66. The van der Waals surface area contributed by atoms with Gasteiger partial charge in [-0.3, -0.25) is 0 Å². The maximum Gasteiger partial charge on any atom is 0.407 e. The van der Waals surface area contributed by atoms with Gasteiger partial charge in [-0.1, -0.05) is 15.9 Å². The first-order valence-corrected chi connectivity index (χ1v) is 6.68. The van der Waals surface area contributed by atoms with Gasteiger partial charge in [0.05, 0.1) is 6.61 Å². The number of alkyl carbamates (subject to hydrolysis) is 1. The molecule has 0 aromatic carbocycles. The normalized spacial score (nSPS) is 11.2. The Hall–Kier alpha value is -0.290. The molecule has 16 heavy (non-hydrogen) atoms. The number of halogens is 1. The van der Waals surface area contributed by atoms with Crippen molar-refractivity contribution in [1.82, 2.24) is 5.32 Å². The largest absolute Gasteiger partial charge is 0.444 e. The highest BCUT2D eigenvalue weighted by molar-refractivity contribution is 9.09. The molecule has 0 saturated carbocycles. The summed E-state index contributed by atoms with van der Waals surface area (Å²) >= 11 is 3.35. The molecule has 0 rings (SSSR count). The van der Waals surface area contributed by atoms with Crippen LogP contribution in [0.25, 0.3) is 0 Å². The van der Waals surface area contributed by atoms with Crippen LogP contribution in [0.2, 0.25) is 0 Å². The predicted molar refractivity (Wildman–Crippen MR) is 68.1 cm³/mol. The lowest BCUT2D eigenvalue weighted by Crippen LogP contribution is -2.34. The van der Waals surface area contributed by atoms with Crippen LogP contribution in [0.3, 0.4) is 0 Å². The third-order valence-electron chi connectivity index (χ3n) is 1.59. The summed E-state index contributed by atoms with van der Waals surface area (Å²) in [5.41, 5.74) is -0.444. The van der Waals surface area contributed by atoms with E-state index in [9.17, 15) is 4.79 Å². The Bertz CT molecular complexity index is 192. The lowest BCUT2D eigenvalue weighted by atomic mass is 10.2. The molecule has 5 heteroatoms. The number of carbonyl (C=O) groups is 1. The number of ether oxygens (including phenoxy) is 2. The van der Waals surface area contributed by atoms with Crippen LogP contribution in [0.4, 0.5) is 4.79 Å². The molecule has 0 aromatic rings. The first-order valence-electron chi connectivity index (χ1n) is 5.56. The van der Waals surface area contributed by atoms with Crippen molar-refractivity contribution in [2.45, 2.75) is 39.2 Å². The van der Waals surface area contributed by atoms with Gasteiger partial charge in [0.1, 0.15) is 5.60 Å². The fraction of sp³-hybridized carbons (Fsp3) is 0.909. The van der Waals surface area contributed by atoms with E-state index in [0.717, 1.165) is 24.8 Å². The van der Waals surface area contributed by atoms with E-state index in [4.69, 9.17) is 9.47 Å². The fourth-order valence-corrected chi connectivity index (χ4v) is 1.34. The zero-order chi connectivity index (χ0) is 12.4. The average molecular weight is 296 g/mol. The summed E-state index contributed by atoms with van der Waals surface area (Å²) in [6, 6.07) is 0. The first kappa shape index (κ1) is 15.7. The van der Waals surface area contributed by atoms with Gasteiger partial charge >= 0.3 is 6.09 Å². The van der Waals surface area contributed by atoms with Crippen molar-refractivity contribution in [1.29, 1.82) is 0 Å². The van der Waals surface area contributed by atoms with Crippen LogP contribution in [0.5, 0.6) is 0 Å². The molecule has 0 atom stereocenters. The molecule has 1 N–H and O–H groups in total. The highest BCUT2D eigenvalue weighted by Crippen LogP contribution is 2.06. The summed E-state index contributed by atoms with van der Waals surface area (Å²) in [6.07, 6.45) is 1.76. The molecule has 0 heterocycles. The van der Waals surface area contributed by atoms with Crippen LogP contribution in [0, 0.1) is 0 Å². The molecule has 0 aliphatic heterocycles. The number of carbonyl (C=O) groups excluding carboxylic acids is 1. The van der Waals surface area contributed by atoms with Gasteiger partial charge in [-0.2, -0.15) is 0 Å². The van der Waals surface area contributed by atoms with E-state index in [1.807, 2.05) is 20.8 Å². The molecule has 4 nitrogen and oxygen atoms in total. The Morgan fingerprint density at radius 1 is 1.25 bits per heavy atom. The molecule has 0 bridgehead atoms. The second kappa shape index (κ2) is 8.82. The Morgan fingerprint density at radius 2 is 1.94 bits per heavy atom. The molecule has 1 amide bonds. The van der Waals surface area contributed by atoms with Gasteiger partial charge in [0.2, 0.25) is 0 Å². The van der Waals surface area contributed by atoms with E-state index in [1.165, 1.54) is 0 Å². The second-order valence-electron chi connectivity index (χ2n) is 4.44. The molecule has 0 spiro atoms. The number of hydrogen-bond acceptors (Lipinski definition) is 3. The summed E-state index contributed by atoms with van der Waals surface area (Å²) < 4.78 is 10.4. The van der Waals surface area contributed by atoms with Crippen LogP contribution < -0.4 is 5.32 Å². The van der Waals surface area contributed by atoms with Gasteiger partial charge in [0.15, 0.2) is 0 Å². The van der Waals surface area contributed by atoms with E-state index in [0.29, 0.717) is 13.2 Å². The number of nitrogens with one attached hydrogen (secondary N) is 1. The van der Waals surface area contributed by atoms with Gasteiger partial charge < -0.3 is 14.8 Å².